The van der Waals surface area contributed by atoms with E-state index in [0.717, 1.165) is 4.90 Å². The van der Waals surface area contributed by atoms with Gasteiger partial charge in [-0.2, -0.15) is 0 Å². The van der Waals surface area contributed by atoms with Crippen LogP contribution in [0.3, 0.4) is 0 Å². The molecule has 0 radical (unpaired) electrons. The molecule has 4 nitrogen and oxygen atoms in total. The Labute approximate surface area is 115 Å². The normalized spacial score (nSPS) is 10.3. The van der Waals surface area contributed by atoms with Crippen LogP contribution < -0.4 is 4.90 Å². The van der Waals surface area contributed by atoms with Gasteiger partial charge >= 0.3 is 0 Å². The highest BCUT2D eigenvalue weighted by molar-refractivity contribution is 6.09. The van der Waals surface area contributed by atoms with Crippen molar-refractivity contribution in [3.63, 3.8) is 0 Å². The van der Waals surface area contributed by atoms with E-state index in [-0.39, 0.29) is 29.3 Å². The van der Waals surface area contributed by atoms with E-state index in [1.54, 1.807) is 13.0 Å². The number of benzene rings is 2. The number of anilines is 1. The number of nitrogens with zero attached hydrogens (tertiary/aromatic N) is 1. The summed E-state index contributed by atoms with van der Waals surface area (Å²) in [5, 5.41) is 19.4. The van der Waals surface area contributed by atoms with Crippen molar-refractivity contribution in [3.05, 3.63) is 53.8 Å². The van der Waals surface area contributed by atoms with Gasteiger partial charge in [0.2, 0.25) is 0 Å². The van der Waals surface area contributed by atoms with Crippen LogP contribution in [0.25, 0.3) is 0 Å². The van der Waals surface area contributed by atoms with E-state index in [1.165, 1.54) is 36.4 Å². The zero-order chi connectivity index (χ0) is 14.7. The van der Waals surface area contributed by atoms with Crippen molar-refractivity contribution in [1.82, 2.24) is 0 Å². The number of phenolic OH excluding ortho intramolecular Hbond substituents is 2. The third-order valence-electron chi connectivity index (χ3n) is 2.94. The molecule has 0 unspecified atom stereocenters. The molecule has 1 amide bonds. The molecular formula is C15H14FNO3. The molecule has 2 aromatic rings. The first kappa shape index (κ1) is 13.9. The number of aromatic hydroxyl groups is 2. The van der Waals surface area contributed by atoms with Crippen molar-refractivity contribution in [3.8, 4) is 11.5 Å². The largest absolute Gasteiger partial charge is 0.507 e. The molecule has 0 saturated heterocycles. The SMILES string of the molecule is CCN(C(=O)c1c(O)cccc1O)c1ccccc1F. The first-order valence-corrected chi connectivity index (χ1v) is 6.13. The Hall–Kier alpha value is -2.56. The molecule has 5 heteroatoms. The van der Waals surface area contributed by atoms with Crippen molar-refractivity contribution >= 4 is 11.6 Å². The van der Waals surface area contributed by atoms with Crippen LogP contribution in [0, 0.1) is 5.82 Å². The summed E-state index contributed by atoms with van der Waals surface area (Å²) >= 11 is 0. The Kier molecular flexibility index (Phi) is 3.89. The van der Waals surface area contributed by atoms with Gasteiger partial charge in [0.25, 0.3) is 5.91 Å². The van der Waals surface area contributed by atoms with Gasteiger partial charge in [-0.25, -0.2) is 4.39 Å². The van der Waals surface area contributed by atoms with Crippen molar-refractivity contribution in [2.24, 2.45) is 0 Å². The third-order valence-corrected chi connectivity index (χ3v) is 2.94. The quantitative estimate of drug-likeness (QED) is 0.905. The molecule has 0 aliphatic heterocycles. The highest BCUT2D eigenvalue weighted by atomic mass is 19.1. The zero-order valence-corrected chi connectivity index (χ0v) is 10.9. The first-order valence-electron chi connectivity index (χ1n) is 6.13. The first-order chi connectivity index (χ1) is 9.56. The average Bonchev–Trinajstić information content (AvgIpc) is 2.41. The standard InChI is InChI=1S/C15H14FNO3/c1-2-17(11-7-4-3-6-10(11)16)15(20)14-12(18)8-5-9-13(14)19/h3-9,18-19H,2H2,1H3. The van der Waals surface area contributed by atoms with Crippen LogP contribution in [0.4, 0.5) is 10.1 Å². The number of hydrogen-bond acceptors (Lipinski definition) is 3. The van der Waals surface area contributed by atoms with Crippen LogP contribution in [0.15, 0.2) is 42.5 Å². The van der Waals surface area contributed by atoms with Gasteiger partial charge in [-0.3, -0.25) is 4.79 Å². The summed E-state index contributed by atoms with van der Waals surface area (Å²) in [6.45, 7) is 1.88. The third kappa shape index (κ3) is 2.42. The van der Waals surface area contributed by atoms with Gasteiger partial charge in [0.15, 0.2) is 0 Å². The van der Waals surface area contributed by atoms with E-state index < -0.39 is 11.7 Å². The number of amides is 1. The topological polar surface area (TPSA) is 60.8 Å². The fraction of sp³-hybridized carbons (Fsp3) is 0.133. The predicted molar refractivity (Wildman–Crippen MR) is 73.5 cm³/mol. The lowest BCUT2D eigenvalue weighted by molar-refractivity contribution is 0.0982. The lowest BCUT2D eigenvalue weighted by atomic mass is 10.1. The van der Waals surface area contributed by atoms with Crippen molar-refractivity contribution < 1.29 is 19.4 Å². The molecule has 0 heterocycles. The molecule has 0 aliphatic carbocycles. The maximum absolute atomic E-state index is 13.8. The van der Waals surface area contributed by atoms with Crippen LogP contribution >= 0.6 is 0 Å². The van der Waals surface area contributed by atoms with Gasteiger partial charge in [0, 0.05) is 6.54 Å². The Morgan fingerprint density at radius 1 is 1.10 bits per heavy atom. The maximum atomic E-state index is 13.8. The van der Waals surface area contributed by atoms with Gasteiger partial charge in [-0.1, -0.05) is 18.2 Å². The highest BCUT2D eigenvalue weighted by Crippen LogP contribution is 2.30. The van der Waals surface area contributed by atoms with E-state index in [2.05, 4.69) is 0 Å². The fourth-order valence-corrected chi connectivity index (χ4v) is 1.98. The molecule has 0 fully saturated rings. The Morgan fingerprint density at radius 3 is 2.25 bits per heavy atom. The Morgan fingerprint density at radius 2 is 1.70 bits per heavy atom. The summed E-state index contributed by atoms with van der Waals surface area (Å²) in [5.74, 6) is -1.89. The summed E-state index contributed by atoms with van der Waals surface area (Å²) < 4.78 is 13.8. The van der Waals surface area contributed by atoms with Crippen LogP contribution in [-0.2, 0) is 0 Å². The molecule has 0 aromatic heterocycles. The summed E-state index contributed by atoms with van der Waals surface area (Å²) in [4.78, 5) is 13.6. The molecule has 0 aliphatic rings. The number of phenols is 2. The summed E-state index contributed by atoms with van der Waals surface area (Å²) in [6, 6.07) is 9.85. The van der Waals surface area contributed by atoms with Gasteiger partial charge in [0.05, 0.1) is 5.69 Å². The molecule has 20 heavy (non-hydrogen) atoms. The molecule has 2 N–H and O–H groups in total. The minimum atomic E-state index is -0.659. The maximum Gasteiger partial charge on any atom is 0.265 e. The van der Waals surface area contributed by atoms with E-state index in [0.29, 0.717) is 0 Å². The zero-order valence-electron chi connectivity index (χ0n) is 10.9. The monoisotopic (exact) mass is 275 g/mol. The van der Waals surface area contributed by atoms with Crippen LogP contribution in [0.2, 0.25) is 0 Å². The summed E-state index contributed by atoms with van der Waals surface area (Å²) in [6.07, 6.45) is 0. The number of para-hydroxylation sites is 1. The Bertz CT molecular complexity index is 623. The van der Waals surface area contributed by atoms with E-state index in [9.17, 15) is 19.4 Å². The van der Waals surface area contributed by atoms with E-state index >= 15 is 0 Å². The van der Waals surface area contributed by atoms with Crippen LogP contribution in [0.1, 0.15) is 17.3 Å². The second kappa shape index (κ2) is 5.61. The molecule has 0 spiro atoms. The van der Waals surface area contributed by atoms with Gasteiger partial charge in [-0.15, -0.1) is 0 Å². The fourth-order valence-electron chi connectivity index (χ4n) is 1.98. The number of hydrogen-bond donors (Lipinski definition) is 2. The van der Waals surface area contributed by atoms with Crippen molar-refractivity contribution in [1.29, 1.82) is 0 Å². The molecule has 0 bridgehead atoms. The average molecular weight is 275 g/mol. The molecule has 0 atom stereocenters. The Balaban J connectivity index is 2.48. The molecule has 2 rings (SSSR count). The molecular weight excluding hydrogens is 261 g/mol. The number of rotatable bonds is 3. The number of carbonyl (C=O) groups excluding carboxylic acids is 1. The van der Waals surface area contributed by atoms with Crippen LogP contribution in [0.5, 0.6) is 11.5 Å². The molecule has 104 valence electrons. The molecule has 2 aromatic carbocycles. The summed E-state index contributed by atoms with van der Waals surface area (Å²) in [7, 11) is 0. The van der Waals surface area contributed by atoms with Crippen molar-refractivity contribution in [2.45, 2.75) is 6.92 Å². The number of halogens is 1. The lowest BCUT2D eigenvalue weighted by Gasteiger charge is -2.22. The van der Waals surface area contributed by atoms with E-state index in [4.69, 9.17) is 0 Å². The smallest absolute Gasteiger partial charge is 0.265 e. The van der Waals surface area contributed by atoms with Crippen molar-refractivity contribution in [2.75, 3.05) is 11.4 Å². The van der Waals surface area contributed by atoms with E-state index in [1.807, 2.05) is 0 Å². The van der Waals surface area contributed by atoms with Gasteiger partial charge in [0.1, 0.15) is 22.9 Å². The highest BCUT2D eigenvalue weighted by Gasteiger charge is 2.24. The summed E-state index contributed by atoms with van der Waals surface area (Å²) in [5.41, 5.74) is -0.139. The predicted octanol–water partition coefficient (Wildman–Crippen LogP) is 2.90. The minimum absolute atomic E-state index is 0.0997. The second-order valence-electron chi connectivity index (χ2n) is 4.17. The second-order valence-corrected chi connectivity index (χ2v) is 4.17. The lowest BCUT2D eigenvalue weighted by Crippen LogP contribution is -2.31. The minimum Gasteiger partial charge on any atom is -0.507 e. The molecule has 0 saturated carbocycles. The number of carbonyl (C=O) groups is 1. The van der Waals surface area contributed by atoms with Crippen LogP contribution in [-0.4, -0.2) is 22.7 Å². The van der Waals surface area contributed by atoms with Gasteiger partial charge in [-0.05, 0) is 31.2 Å². The van der Waals surface area contributed by atoms with Gasteiger partial charge < -0.3 is 15.1 Å².